The zero-order chi connectivity index (χ0) is 13.7. The molecular formula is C16H17Cl2N. The molecule has 1 atom stereocenters. The van der Waals surface area contributed by atoms with E-state index in [0.29, 0.717) is 0 Å². The molecule has 1 nitrogen and oxygen atoms in total. The van der Waals surface area contributed by atoms with Crippen molar-refractivity contribution in [3.05, 3.63) is 64.1 Å². The lowest BCUT2D eigenvalue weighted by molar-refractivity contribution is 0.678. The molecule has 0 bridgehead atoms. The smallest absolute Gasteiger partial charge is 0.0513 e. The summed E-state index contributed by atoms with van der Waals surface area (Å²) in [7, 11) is 0. The lowest BCUT2D eigenvalue weighted by atomic mass is 10.0. The van der Waals surface area contributed by atoms with Crippen molar-refractivity contribution in [3.63, 3.8) is 0 Å². The van der Waals surface area contributed by atoms with Crippen molar-refractivity contribution in [2.24, 2.45) is 0 Å². The zero-order valence-electron chi connectivity index (χ0n) is 10.9. The summed E-state index contributed by atoms with van der Waals surface area (Å²) >= 11 is 12.0. The Morgan fingerprint density at radius 1 is 1.00 bits per heavy atom. The third kappa shape index (κ3) is 4.15. The van der Waals surface area contributed by atoms with Crippen LogP contribution in [0.1, 0.15) is 31.4 Å². The van der Waals surface area contributed by atoms with Crippen molar-refractivity contribution in [2.45, 2.75) is 25.8 Å². The highest BCUT2D eigenvalue weighted by Crippen LogP contribution is 2.26. The van der Waals surface area contributed by atoms with Crippen molar-refractivity contribution in [2.75, 3.05) is 5.32 Å². The minimum absolute atomic E-state index is 0.278. The third-order valence-electron chi connectivity index (χ3n) is 3.02. The highest BCUT2D eigenvalue weighted by atomic mass is 35.5. The standard InChI is InChI=1S/C16H17Cl2N/c1-2-4-16(12-7-9-13(17)10-8-12)19-15-6-3-5-14(18)11-15/h3,5-11,16,19H,2,4H2,1H3. The molecule has 0 aliphatic heterocycles. The Hall–Kier alpha value is -1.18. The summed E-state index contributed by atoms with van der Waals surface area (Å²) in [4.78, 5) is 0. The van der Waals surface area contributed by atoms with Gasteiger partial charge in [0.15, 0.2) is 0 Å². The van der Waals surface area contributed by atoms with Crippen LogP contribution in [0.2, 0.25) is 10.0 Å². The number of halogens is 2. The van der Waals surface area contributed by atoms with Crippen molar-refractivity contribution in [1.29, 1.82) is 0 Å². The molecular weight excluding hydrogens is 277 g/mol. The monoisotopic (exact) mass is 293 g/mol. The molecule has 0 radical (unpaired) electrons. The Labute approximate surface area is 124 Å². The molecule has 0 saturated heterocycles. The number of hydrogen-bond donors (Lipinski definition) is 1. The summed E-state index contributed by atoms with van der Waals surface area (Å²) in [5.41, 5.74) is 2.28. The summed E-state index contributed by atoms with van der Waals surface area (Å²) in [6, 6.07) is 16.1. The van der Waals surface area contributed by atoms with Crippen molar-refractivity contribution >= 4 is 28.9 Å². The molecule has 19 heavy (non-hydrogen) atoms. The average Bonchev–Trinajstić information content (AvgIpc) is 2.39. The van der Waals surface area contributed by atoms with Crippen LogP contribution in [-0.4, -0.2) is 0 Å². The van der Waals surface area contributed by atoms with Crippen LogP contribution >= 0.6 is 23.2 Å². The van der Waals surface area contributed by atoms with E-state index in [-0.39, 0.29) is 6.04 Å². The third-order valence-corrected chi connectivity index (χ3v) is 3.50. The van der Waals surface area contributed by atoms with E-state index in [2.05, 4.69) is 24.4 Å². The van der Waals surface area contributed by atoms with Crippen molar-refractivity contribution in [1.82, 2.24) is 0 Å². The average molecular weight is 294 g/mol. The van der Waals surface area contributed by atoms with Crippen LogP contribution < -0.4 is 5.32 Å². The van der Waals surface area contributed by atoms with Crippen LogP contribution in [0, 0.1) is 0 Å². The Bertz CT molecular complexity index is 523. The van der Waals surface area contributed by atoms with Gasteiger partial charge in [-0.25, -0.2) is 0 Å². The lowest BCUT2D eigenvalue weighted by Crippen LogP contribution is -2.10. The largest absolute Gasteiger partial charge is 0.378 e. The van der Waals surface area contributed by atoms with Gasteiger partial charge in [-0.1, -0.05) is 54.7 Å². The van der Waals surface area contributed by atoms with E-state index in [0.717, 1.165) is 28.6 Å². The van der Waals surface area contributed by atoms with Gasteiger partial charge in [0.05, 0.1) is 6.04 Å². The van der Waals surface area contributed by atoms with Gasteiger partial charge >= 0.3 is 0 Å². The number of hydrogen-bond acceptors (Lipinski definition) is 1. The lowest BCUT2D eigenvalue weighted by Gasteiger charge is -2.20. The SMILES string of the molecule is CCCC(Nc1cccc(Cl)c1)c1ccc(Cl)cc1. The molecule has 0 spiro atoms. The van der Waals surface area contributed by atoms with E-state index in [1.165, 1.54) is 5.56 Å². The predicted molar refractivity (Wildman–Crippen MR) is 84.2 cm³/mol. The normalized spacial score (nSPS) is 12.2. The van der Waals surface area contributed by atoms with Crippen LogP contribution in [0.3, 0.4) is 0 Å². The molecule has 2 rings (SSSR count). The maximum Gasteiger partial charge on any atom is 0.0513 e. The molecule has 2 aromatic rings. The zero-order valence-corrected chi connectivity index (χ0v) is 12.4. The Morgan fingerprint density at radius 3 is 2.37 bits per heavy atom. The minimum atomic E-state index is 0.278. The Morgan fingerprint density at radius 2 is 1.74 bits per heavy atom. The summed E-state index contributed by atoms with van der Waals surface area (Å²) in [5, 5.41) is 5.04. The highest BCUT2D eigenvalue weighted by Gasteiger charge is 2.10. The maximum absolute atomic E-state index is 6.01. The molecule has 0 saturated carbocycles. The molecule has 0 aliphatic rings. The first-order chi connectivity index (χ1) is 9.19. The molecule has 100 valence electrons. The van der Waals surface area contributed by atoms with Crippen LogP contribution in [0.15, 0.2) is 48.5 Å². The van der Waals surface area contributed by atoms with E-state index < -0.39 is 0 Å². The van der Waals surface area contributed by atoms with Gasteiger partial charge in [0.25, 0.3) is 0 Å². The summed E-state index contributed by atoms with van der Waals surface area (Å²) in [5.74, 6) is 0. The van der Waals surface area contributed by atoms with Gasteiger partial charge in [-0.3, -0.25) is 0 Å². The second kappa shape index (κ2) is 6.83. The first kappa shape index (κ1) is 14.2. The van der Waals surface area contributed by atoms with Crippen LogP contribution in [0.25, 0.3) is 0 Å². The molecule has 0 amide bonds. The summed E-state index contributed by atoms with van der Waals surface area (Å²) < 4.78 is 0. The van der Waals surface area contributed by atoms with Crippen molar-refractivity contribution in [3.8, 4) is 0 Å². The number of anilines is 1. The number of rotatable bonds is 5. The van der Waals surface area contributed by atoms with Gasteiger partial charge < -0.3 is 5.32 Å². The second-order valence-corrected chi connectivity index (χ2v) is 5.42. The topological polar surface area (TPSA) is 12.0 Å². The second-order valence-electron chi connectivity index (χ2n) is 4.55. The molecule has 1 N–H and O–H groups in total. The van der Waals surface area contributed by atoms with Crippen LogP contribution in [0.4, 0.5) is 5.69 Å². The van der Waals surface area contributed by atoms with E-state index in [4.69, 9.17) is 23.2 Å². The molecule has 0 aliphatic carbocycles. The Balaban J connectivity index is 2.18. The van der Waals surface area contributed by atoms with Gasteiger partial charge in [0.2, 0.25) is 0 Å². The van der Waals surface area contributed by atoms with Gasteiger partial charge in [-0.15, -0.1) is 0 Å². The number of nitrogens with one attached hydrogen (secondary N) is 1. The quantitative estimate of drug-likeness (QED) is 0.718. The van der Waals surface area contributed by atoms with Crippen LogP contribution in [-0.2, 0) is 0 Å². The predicted octanol–water partition coefficient (Wildman–Crippen LogP) is 5.95. The molecule has 1 unspecified atom stereocenters. The number of benzene rings is 2. The fourth-order valence-corrected chi connectivity index (χ4v) is 2.40. The molecule has 2 aromatic carbocycles. The highest BCUT2D eigenvalue weighted by molar-refractivity contribution is 6.31. The fourth-order valence-electron chi connectivity index (χ4n) is 2.09. The summed E-state index contributed by atoms with van der Waals surface area (Å²) in [6.07, 6.45) is 2.18. The van der Waals surface area contributed by atoms with Crippen molar-refractivity contribution < 1.29 is 0 Å². The van der Waals surface area contributed by atoms with Gasteiger partial charge in [0.1, 0.15) is 0 Å². The first-order valence-electron chi connectivity index (χ1n) is 6.46. The summed E-state index contributed by atoms with van der Waals surface area (Å²) in [6.45, 7) is 2.18. The first-order valence-corrected chi connectivity index (χ1v) is 7.22. The fraction of sp³-hybridized carbons (Fsp3) is 0.250. The van der Waals surface area contributed by atoms with Gasteiger partial charge in [-0.2, -0.15) is 0 Å². The van der Waals surface area contributed by atoms with E-state index in [9.17, 15) is 0 Å². The van der Waals surface area contributed by atoms with E-state index in [1.807, 2.05) is 36.4 Å². The molecule has 3 heteroatoms. The molecule has 0 aromatic heterocycles. The van der Waals surface area contributed by atoms with Gasteiger partial charge in [0, 0.05) is 15.7 Å². The molecule has 0 heterocycles. The van der Waals surface area contributed by atoms with E-state index in [1.54, 1.807) is 0 Å². The van der Waals surface area contributed by atoms with Crippen LogP contribution in [0.5, 0.6) is 0 Å². The van der Waals surface area contributed by atoms with E-state index >= 15 is 0 Å². The Kier molecular flexibility index (Phi) is 5.12. The maximum atomic E-state index is 6.01. The minimum Gasteiger partial charge on any atom is -0.378 e. The molecule has 0 fully saturated rings. The van der Waals surface area contributed by atoms with Gasteiger partial charge in [-0.05, 0) is 42.3 Å².